The first-order valence-corrected chi connectivity index (χ1v) is 9.49. The number of nitrogens with one attached hydrogen (secondary N) is 1. The maximum Gasteiger partial charge on any atom is 0.293 e. The number of nitro benzene ring substituents is 1. The fourth-order valence-corrected chi connectivity index (χ4v) is 3.41. The first-order valence-electron chi connectivity index (χ1n) is 8.61. The topological polar surface area (TPSA) is 107 Å². The van der Waals surface area contributed by atoms with E-state index >= 15 is 0 Å². The van der Waals surface area contributed by atoms with E-state index < -0.39 is 4.92 Å². The van der Waals surface area contributed by atoms with Crippen molar-refractivity contribution in [3.05, 3.63) is 73.9 Å². The lowest BCUT2D eigenvalue weighted by Crippen LogP contribution is -2.23. The lowest BCUT2D eigenvalue weighted by molar-refractivity contribution is -0.384. The minimum absolute atomic E-state index is 0.114. The number of carbonyl (C=O) groups excluding carboxylic acids is 1. The van der Waals surface area contributed by atoms with Crippen LogP contribution in [0.1, 0.15) is 18.4 Å². The molecule has 3 aromatic rings. The third-order valence-corrected chi connectivity index (χ3v) is 5.02. The van der Waals surface area contributed by atoms with E-state index in [0.717, 1.165) is 4.88 Å². The SMILES string of the molecule is Cc1cccc([N+](=O)[O-])c1NC(=O)CCCn1nc(-c2cccs2)ccc1=O. The van der Waals surface area contributed by atoms with Crippen molar-refractivity contribution in [1.29, 1.82) is 0 Å². The number of hydrogen-bond acceptors (Lipinski definition) is 6. The Morgan fingerprint density at radius 1 is 1.25 bits per heavy atom. The fourth-order valence-electron chi connectivity index (χ4n) is 2.72. The lowest BCUT2D eigenvalue weighted by atomic mass is 10.1. The molecule has 3 rings (SSSR count). The molecule has 0 fully saturated rings. The van der Waals surface area contributed by atoms with Crippen molar-refractivity contribution < 1.29 is 9.72 Å². The number of nitro groups is 1. The van der Waals surface area contributed by atoms with Crippen LogP contribution >= 0.6 is 11.3 Å². The van der Waals surface area contributed by atoms with Gasteiger partial charge in [-0.05, 0) is 36.4 Å². The van der Waals surface area contributed by atoms with Gasteiger partial charge in [-0.1, -0.05) is 18.2 Å². The number of para-hydroxylation sites is 1. The summed E-state index contributed by atoms with van der Waals surface area (Å²) in [6, 6.07) is 11.6. The summed E-state index contributed by atoms with van der Waals surface area (Å²) < 4.78 is 1.33. The molecule has 1 amide bonds. The van der Waals surface area contributed by atoms with Crippen molar-refractivity contribution in [3.8, 4) is 10.6 Å². The van der Waals surface area contributed by atoms with E-state index in [9.17, 15) is 19.7 Å². The molecule has 144 valence electrons. The maximum absolute atomic E-state index is 12.2. The largest absolute Gasteiger partial charge is 0.320 e. The molecule has 1 N–H and O–H groups in total. The van der Waals surface area contributed by atoms with E-state index in [2.05, 4.69) is 10.4 Å². The summed E-state index contributed by atoms with van der Waals surface area (Å²) in [4.78, 5) is 35.8. The van der Waals surface area contributed by atoms with Gasteiger partial charge in [0.15, 0.2) is 0 Å². The Morgan fingerprint density at radius 3 is 2.79 bits per heavy atom. The van der Waals surface area contributed by atoms with Crippen molar-refractivity contribution in [1.82, 2.24) is 9.78 Å². The third kappa shape index (κ3) is 4.49. The zero-order chi connectivity index (χ0) is 20.1. The molecule has 2 aromatic heterocycles. The Labute approximate surface area is 164 Å². The van der Waals surface area contributed by atoms with Crippen LogP contribution in [0.5, 0.6) is 0 Å². The highest BCUT2D eigenvalue weighted by atomic mass is 32.1. The predicted octanol–water partition coefficient (Wildman–Crippen LogP) is 3.61. The van der Waals surface area contributed by atoms with E-state index in [-0.39, 0.29) is 35.8 Å². The Morgan fingerprint density at radius 2 is 2.07 bits per heavy atom. The molecule has 0 unspecified atom stereocenters. The summed E-state index contributed by atoms with van der Waals surface area (Å²) in [6.07, 6.45) is 0.495. The van der Waals surface area contributed by atoms with Gasteiger partial charge < -0.3 is 5.32 Å². The summed E-state index contributed by atoms with van der Waals surface area (Å²) in [5.41, 5.74) is 1.14. The average Bonchev–Trinajstić information content (AvgIpc) is 3.19. The van der Waals surface area contributed by atoms with Gasteiger partial charge in [0, 0.05) is 25.1 Å². The van der Waals surface area contributed by atoms with Gasteiger partial charge in [0.25, 0.3) is 11.2 Å². The zero-order valence-corrected chi connectivity index (χ0v) is 15.9. The second-order valence-electron chi connectivity index (χ2n) is 6.14. The first kappa shape index (κ1) is 19.4. The van der Waals surface area contributed by atoms with Gasteiger partial charge in [0.1, 0.15) is 11.4 Å². The second kappa shape index (κ2) is 8.57. The van der Waals surface area contributed by atoms with Crippen LogP contribution < -0.4 is 10.9 Å². The Bertz CT molecular complexity index is 1060. The molecule has 8 nitrogen and oxygen atoms in total. The van der Waals surface area contributed by atoms with Gasteiger partial charge in [-0.2, -0.15) is 5.10 Å². The monoisotopic (exact) mass is 398 g/mol. The quantitative estimate of drug-likeness (QED) is 0.483. The van der Waals surface area contributed by atoms with Gasteiger partial charge in [0.2, 0.25) is 5.91 Å². The van der Waals surface area contributed by atoms with Crippen LogP contribution in [0.4, 0.5) is 11.4 Å². The minimum Gasteiger partial charge on any atom is -0.320 e. The molecule has 9 heteroatoms. The molecule has 1 aromatic carbocycles. The van der Waals surface area contributed by atoms with Crippen LogP contribution in [0.2, 0.25) is 0 Å². The third-order valence-electron chi connectivity index (χ3n) is 4.13. The molecule has 0 saturated carbocycles. The number of aromatic nitrogens is 2. The lowest BCUT2D eigenvalue weighted by Gasteiger charge is -2.09. The molecule has 0 aliphatic rings. The number of carbonyl (C=O) groups is 1. The van der Waals surface area contributed by atoms with Gasteiger partial charge in [0.05, 0.1) is 9.80 Å². The van der Waals surface area contributed by atoms with E-state index in [1.165, 1.54) is 28.2 Å². The number of benzene rings is 1. The first-order chi connectivity index (χ1) is 13.5. The summed E-state index contributed by atoms with van der Waals surface area (Å²) in [5, 5.41) is 20.0. The summed E-state index contributed by atoms with van der Waals surface area (Å²) >= 11 is 1.53. The molecule has 28 heavy (non-hydrogen) atoms. The summed E-state index contributed by atoms with van der Waals surface area (Å²) in [6.45, 7) is 1.98. The molecular weight excluding hydrogens is 380 g/mol. The van der Waals surface area contributed by atoms with E-state index in [0.29, 0.717) is 17.7 Å². The smallest absolute Gasteiger partial charge is 0.293 e. The van der Waals surface area contributed by atoms with Gasteiger partial charge in [-0.15, -0.1) is 11.3 Å². The van der Waals surface area contributed by atoms with Crippen LogP contribution in [0.3, 0.4) is 0 Å². The second-order valence-corrected chi connectivity index (χ2v) is 7.08. The number of rotatable bonds is 7. The fraction of sp³-hybridized carbons (Fsp3) is 0.211. The standard InChI is InChI=1S/C19H18N4O4S/c1-13-5-2-6-15(23(26)27)19(13)20-17(24)8-3-11-22-18(25)10-9-14(21-22)16-7-4-12-28-16/h2,4-7,9-10,12H,3,8,11H2,1H3,(H,20,24). The number of anilines is 1. The van der Waals surface area contributed by atoms with Crippen LogP contribution in [0.25, 0.3) is 10.6 Å². The van der Waals surface area contributed by atoms with Gasteiger partial charge in [-0.25, -0.2) is 4.68 Å². The van der Waals surface area contributed by atoms with E-state index in [1.807, 2.05) is 17.5 Å². The number of aryl methyl sites for hydroxylation is 2. The molecule has 0 radical (unpaired) electrons. The molecule has 2 heterocycles. The predicted molar refractivity (Wildman–Crippen MR) is 108 cm³/mol. The molecule has 0 bridgehead atoms. The summed E-state index contributed by atoms with van der Waals surface area (Å²) in [7, 11) is 0. The Balaban J connectivity index is 1.63. The van der Waals surface area contributed by atoms with Crippen LogP contribution in [0, 0.1) is 17.0 Å². The minimum atomic E-state index is -0.526. The summed E-state index contributed by atoms with van der Waals surface area (Å²) in [5.74, 6) is -0.347. The van der Waals surface area contributed by atoms with Crippen LogP contribution in [-0.4, -0.2) is 20.6 Å². The van der Waals surface area contributed by atoms with Crippen molar-refractivity contribution in [2.24, 2.45) is 0 Å². The number of thiophene rings is 1. The van der Waals surface area contributed by atoms with Gasteiger partial charge >= 0.3 is 0 Å². The molecule has 0 aliphatic heterocycles. The van der Waals surface area contributed by atoms with Crippen LogP contribution in [0.15, 0.2) is 52.6 Å². The molecule has 0 aliphatic carbocycles. The highest BCUT2D eigenvalue weighted by Crippen LogP contribution is 2.27. The normalized spacial score (nSPS) is 10.6. The number of amides is 1. The van der Waals surface area contributed by atoms with Gasteiger partial charge in [-0.3, -0.25) is 19.7 Å². The zero-order valence-electron chi connectivity index (χ0n) is 15.1. The highest BCUT2D eigenvalue weighted by Gasteiger charge is 2.17. The molecule has 0 spiro atoms. The highest BCUT2D eigenvalue weighted by molar-refractivity contribution is 7.13. The van der Waals surface area contributed by atoms with Crippen molar-refractivity contribution >= 4 is 28.6 Å². The number of nitrogens with zero attached hydrogens (tertiary/aromatic N) is 3. The molecule has 0 saturated heterocycles. The van der Waals surface area contributed by atoms with E-state index in [1.54, 1.807) is 25.1 Å². The van der Waals surface area contributed by atoms with Crippen molar-refractivity contribution in [2.45, 2.75) is 26.3 Å². The molecule has 0 atom stereocenters. The Hall–Kier alpha value is -3.33. The van der Waals surface area contributed by atoms with Crippen molar-refractivity contribution in [2.75, 3.05) is 5.32 Å². The maximum atomic E-state index is 12.2. The average molecular weight is 398 g/mol. The molecular formula is C19H18N4O4S. The van der Waals surface area contributed by atoms with Crippen molar-refractivity contribution in [3.63, 3.8) is 0 Å². The van der Waals surface area contributed by atoms with Crippen LogP contribution in [-0.2, 0) is 11.3 Å². The Kier molecular flexibility index (Phi) is 5.95. The van der Waals surface area contributed by atoms with E-state index in [4.69, 9.17) is 0 Å². The number of hydrogen-bond donors (Lipinski definition) is 1.